The number of hydrogen-bond donors (Lipinski definition) is 2. The Kier molecular flexibility index (Phi) is 7.44. The van der Waals surface area contributed by atoms with Crippen LogP contribution in [-0.4, -0.2) is 20.8 Å². The van der Waals surface area contributed by atoms with Gasteiger partial charge in [-0.2, -0.15) is 0 Å². The number of carbonyl (C=O) groups is 1. The van der Waals surface area contributed by atoms with Gasteiger partial charge in [-0.3, -0.25) is 10.2 Å². The highest BCUT2D eigenvalue weighted by Gasteiger charge is 2.44. The molecule has 0 heterocycles. The molecule has 1 amide bonds. The minimum absolute atomic E-state index is 0.249. The molecule has 5 heteroatoms. The zero-order chi connectivity index (χ0) is 17.6. The van der Waals surface area contributed by atoms with Crippen LogP contribution in [0.2, 0.25) is 16.6 Å². The van der Waals surface area contributed by atoms with E-state index in [9.17, 15) is 4.79 Å². The molecule has 0 aliphatic rings. The van der Waals surface area contributed by atoms with E-state index in [2.05, 4.69) is 47.0 Å². The molecule has 0 unspecified atom stereocenters. The van der Waals surface area contributed by atoms with Crippen LogP contribution in [-0.2, 0) is 10.8 Å². The molecule has 0 atom stereocenters. The van der Waals surface area contributed by atoms with Crippen molar-refractivity contribution in [1.29, 1.82) is 0 Å². The van der Waals surface area contributed by atoms with E-state index >= 15 is 0 Å². The minimum atomic E-state index is -1.86. The van der Waals surface area contributed by atoms with E-state index in [1.165, 1.54) is 0 Å². The fourth-order valence-electron chi connectivity index (χ4n) is 3.88. The van der Waals surface area contributed by atoms with Crippen LogP contribution in [0.25, 0.3) is 0 Å². The monoisotopic (exact) mass is 336 g/mol. The van der Waals surface area contributed by atoms with Crippen LogP contribution >= 0.6 is 0 Å². The van der Waals surface area contributed by atoms with Gasteiger partial charge in [-0.1, -0.05) is 59.7 Å². The number of amides is 1. The molecule has 1 aromatic rings. The third-order valence-electron chi connectivity index (χ3n) is 4.82. The summed E-state index contributed by atoms with van der Waals surface area (Å²) in [5.74, 6) is 5.02. The van der Waals surface area contributed by atoms with E-state index in [-0.39, 0.29) is 5.91 Å². The number of rotatable bonds is 8. The number of nitrogens with one attached hydrogen (secondary N) is 1. The second-order valence-electron chi connectivity index (χ2n) is 7.05. The van der Waals surface area contributed by atoms with Gasteiger partial charge in [-0.15, -0.1) is 0 Å². The zero-order valence-electron chi connectivity index (χ0n) is 15.3. The SMILES string of the molecule is CC(C)[Si](OCCc1ccccc1C(=O)NN)(C(C)C)C(C)C. The smallest absolute Gasteiger partial charge is 0.265 e. The van der Waals surface area contributed by atoms with Crippen LogP contribution in [0.1, 0.15) is 57.5 Å². The molecule has 0 radical (unpaired) electrons. The summed E-state index contributed by atoms with van der Waals surface area (Å²) in [6.45, 7) is 14.3. The van der Waals surface area contributed by atoms with Gasteiger partial charge >= 0.3 is 0 Å². The molecule has 23 heavy (non-hydrogen) atoms. The summed E-state index contributed by atoms with van der Waals surface area (Å²) in [7, 11) is -1.86. The van der Waals surface area contributed by atoms with Gasteiger partial charge < -0.3 is 4.43 Å². The average molecular weight is 337 g/mol. The summed E-state index contributed by atoms with van der Waals surface area (Å²) in [6.07, 6.45) is 0.727. The van der Waals surface area contributed by atoms with E-state index < -0.39 is 8.32 Å². The molecule has 0 aromatic heterocycles. The Morgan fingerprint density at radius 3 is 2.09 bits per heavy atom. The molecule has 4 nitrogen and oxygen atoms in total. The Morgan fingerprint density at radius 1 is 1.09 bits per heavy atom. The number of carbonyl (C=O) groups excluding carboxylic acids is 1. The summed E-state index contributed by atoms with van der Waals surface area (Å²) in [5, 5.41) is 0. The van der Waals surface area contributed by atoms with Crippen LogP contribution in [0, 0.1) is 0 Å². The number of hydrogen-bond acceptors (Lipinski definition) is 3. The molecule has 0 aliphatic carbocycles. The highest BCUT2D eigenvalue weighted by molar-refractivity contribution is 6.77. The fourth-order valence-corrected chi connectivity index (χ4v) is 9.33. The number of nitrogen functional groups attached to an aromatic ring is 1. The van der Waals surface area contributed by atoms with E-state index in [0.717, 1.165) is 12.0 Å². The van der Waals surface area contributed by atoms with Crippen molar-refractivity contribution in [3.63, 3.8) is 0 Å². The molecule has 0 spiro atoms. The highest BCUT2D eigenvalue weighted by Crippen LogP contribution is 2.42. The van der Waals surface area contributed by atoms with Crippen LogP contribution in [0.15, 0.2) is 24.3 Å². The summed E-state index contributed by atoms with van der Waals surface area (Å²) >= 11 is 0. The van der Waals surface area contributed by atoms with Gasteiger partial charge in [0.15, 0.2) is 8.32 Å². The van der Waals surface area contributed by atoms with E-state index in [4.69, 9.17) is 10.3 Å². The summed E-state index contributed by atoms with van der Waals surface area (Å²) in [4.78, 5) is 11.9. The molecule has 0 fully saturated rings. The lowest BCUT2D eigenvalue weighted by atomic mass is 10.0. The van der Waals surface area contributed by atoms with Crippen molar-refractivity contribution >= 4 is 14.2 Å². The molecular weight excluding hydrogens is 304 g/mol. The van der Waals surface area contributed by atoms with E-state index in [0.29, 0.717) is 28.8 Å². The first-order chi connectivity index (χ1) is 10.8. The van der Waals surface area contributed by atoms with E-state index in [1.54, 1.807) is 6.07 Å². The topological polar surface area (TPSA) is 64.3 Å². The molecule has 130 valence electrons. The van der Waals surface area contributed by atoms with Crippen LogP contribution in [0.3, 0.4) is 0 Å². The van der Waals surface area contributed by atoms with Gasteiger partial charge in [-0.25, -0.2) is 5.84 Å². The molecule has 0 aliphatic heterocycles. The van der Waals surface area contributed by atoms with Crippen molar-refractivity contribution in [3.05, 3.63) is 35.4 Å². The minimum Gasteiger partial charge on any atom is -0.416 e. The lowest BCUT2D eigenvalue weighted by Crippen LogP contribution is -2.48. The maximum Gasteiger partial charge on any atom is 0.265 e. The van der Waals surface area contributed by atoms with Crippen LogP contribution in [0.5, 0.6) is 0 Å². The number of benzene rings is 1. The molecule has 0 bridgehead atoms. The van der Waals surface area contributed by atoms with Crippen LogP contribution < -0.4 is 11.3 Å². The maximum atomic E-state index is 11.9. The normalized spacial score (nSPS) is 12.3. The third-order valence-corrected chi connectivity index (χ3v) is 10.9. The van der Waals surface area contributed by atoms with Gasteiger partial charge in [0, 0.05) is 12.2 Å². The third kappa shape index (κ3) is 4.43. The second-order valence-corrected chi connectivity index (χ2v) is 12.5. The summed E-state index contributed by atoms with van der Waals surface area (Å²) < 4.78 is 6.56. The Morgan fingerprint density at radius 2 is 1.61 bits per heavy atom. The summed E-state index contributed by atoms with van der Waals surface area (Å²) in [5.41, 5.74) is 5.50. The van der Waals surface area contributed by atoms with Crippen molar-refractivity contribution in [2.24, 2.45) is 5.84 Å². The number of hydrazine groups is 1. The lowest BCUT2D eigenvalue weighted by Gasteiger charge is -2.42. The zero-order valence-corrected chi connectivity index (χ0v) is 16.3. The lowest BCUT2D eigenvalue weighted by molar-refractivity contribution is 0.0952. The Bertz CT molecular complexity index is 494. The van der Waals surface area contributed by atoms with Gasteiger partial charge in [0.2, 0.25) is 0 Å². The Labute approximate surface area is 141 Å². The molecule has 1 aromatic carbocycles. The first-order valence-electron chi connectivity index (χ1n) is 8.50. The fraction of sp³-hybridized carbons (Fsp3) is 0.611. The van der Waals surface area contributed by atoms with Crippen molar-refractivity contribution in [3.8, 4) is 0 Å². The maximum absolute atomic E-state index is 11.9. The number of nitrogens with two attached hydrogens (primary N) is 1. The molecule has 0 saturated carbocycles. The van der Waals surface area contributed by atoms with Gasteiger partial charge in [0.1, 0.15) is 0 Å². The standard InChI is InChI=1S/C18H32N2O2Si/c1-13(2)23(14(3)4,15(5)6)22-12-11-16-9-7-8-10-17(16)18(21)20-19/h7-10,13-15H,11-12,19H2,1-6H3,(H,20,21). The molecule has 3 N–H and O–H groups in total. The predicted octanol–water partition coefficient (Wildman–Crippen LogP) is 4.02. The molecule has 0 saturated heterocycles. The second kappa shape index (κ2) is 8.62. The first-order valence-corrected chi connectivity index (χ1v) is 10.6. The summed E-state index contributed by atoms with van der Waals surface area (Å²) in [6, 6.07) is 7.57. The van der Waals surface area contributed by atoms with Crippen LogP contribution in [0.4, 0.5) is 0 Å². The van der Waals surface area contributed by atoms with Crippen molar-refractivity contribution < 1.29 is 9.22 Å². The van der Waals surface area contributed by atoms with Crippen molar-refractivity contribution in [2.75, 3.05) is 6.61 Å². The van der Waals surface area contributed by atoms with Crippen molar-refractivity contribution in [2.45, 2.75) is 64.6 Å². The molecular formula is C18H32N2O2Si. The van der Waals surface area contributed by atoms with Gasteiger partial charge in [0.05, 0.1) is 0 Å². The average Bonchev–Trinajstić information content (AvgIpc) is 2.50. The molecule has 1 rings (SSSR count). The highest BCUT2D eigenvalue weighted by atomic mass is 28.4. The Balaban J connectivity index is 2.88. The largest absolute Gasteiger partial charge is 0.416 e. The van der Waals surface area contributed by atoms with Gasteiger partial charge in [-0.05, 0) is 34.7 Å². The van der Waals surface area contributed by atoms with Crippen molar-refractivity contribution in [1.82, 2.24) is 5.43 Å². The Hall–Kier alpha value is -1.17. The van der Waals surface area contributed by atoms with E-state index in [1.807, 2.05) is 18.2 Å². The van der Waals surface area contributed by atoms with Gasteiger partial charge in [0.25, 0.3) is 5.91 Å². The first kappa shape index (κ1) is 19.9. The quantitative estimate of drug-likeness (QED) is 0.326. The predicted molar refractivity (Wildman–Crippen MR) is 98.8 cm³/mol.